The first-order chi connectivity index (χ1) is 6.12. The molecule has 0 rings (SSSR count). The molecule has 0 aliphatic carbocycles. The van der Waals surface area contributed by atoms with Gasteiger partial charge >= 0.3 is 0 Å². The minimum atomic E-state index is -2.73. The van der Waals surface area contributed by atoms with Crippen molar-refractivity contribution in [3.63, 3.8) is 0 Å². The SMILES string of the molecule is CCCCOCC(F)(F)CNCC. The molecule has 0 heterocycles. The molecule has 0 unspecified atom stereocenters. The lowest BCUT2D eigenvalue weighted by Crippen LogP contribution is -2.36. The molecule has 4 heteroatoms. The Balaban J connectivity index is 3.39. The molecule has 0 radical (unpaired) electrons. The van der Waals surface area contributed by atoms with E-state index < -0.39 is 12.5 Å². The van der Waals surface area contributed by atoms with E-state index in [1.807, 2.05) is 6.92 Å². The fourth-order valence-corrected chi connectivity index (χ4v) is 0.827. The Hall–Kier alpha value is -0.220. The molecular formula is C9H19F2NO. The molecule has 0 aromatic rings. The van der Waals surface area contributed by atoms with E-state index in [1.54, 1.807) is 6.92 Å². The Bertz CT molecular complexity index is 120. The van der Waals surface area contributed by atoms with Gasteiger partial charge < -0.3 is 10.1 Å². The van der Waals surface area contributed by atoms with Crippen LogP contribution in [-0.2, 0) is 4.74 Å². The molecule has 0 spiro atoms. The number of halogens is 2. The zero-order valence-electron chi connectivity index (χ0n) is 8.41. The van der Waals surface area contributed by atoms with Gasteiger partial charge in [-0.2, -0.15) is 0 Å². The summed E-state index contributed by atoms with van der Waals surface area (Å²) in [5.74, 6) is -2.73. The maximum atomic E-state index is 12.9. The molecule has 0 amide bonds. The van der Waals surface area contributed by atoms with E-state index in [0.717, 1.165) is 12.8 Å². The number of rotatable bonds is 8. The summed E-state index contributed by atoms with van der Waals surface area (Å²) >= 11 is 0. The molecule has 80 valence electrons. The second-order valence-electron chi connectivity index (χ2n) is 3.04. The number of hydrogen-bond acceptors (Lipinski definition) is 2. The van der Waals surface area contributed by atoms with Gasteiger partial charge in [0.2, 0.25) is 0 Å². The second kappa shape index (κ2) is 7.21. The van der Waals surface area contributed by atoms with Crippen LogP contribution in [0.5, 0.6) is 0 Å². The molecular weight excluding hydrogens is 176 g/mol. The van der Waals surface area contributed by atoms with E-state index in [0.29, 0.717) is 13.2 Å². The summed E-state index contributed by atoms with van der Waals surface area (Å²) in [4.78, 5) is 0. The van der Waals surface area contributed by atoms with Crippen LogP contribution >= 0.6 is 0 Å². The van der Waals surface area contributed by atoms with Crippen molar-refractivity contribution in [1.82, 2.24) is 5.32 Å². The zero-order chi connectivity index (χ0) is 10.2. The lowest BCUT2D eigenvalue weighted by Gasteiger charge is -2.16. The van der Waals surface area contributed by atoms with Gasteiger partial charge in [-0.25, -0.2) is 8.78 Å². The molecule has 2 nitrogen and oxygen atoms in total. The van der Waals surface area contributed by atoms with Crippen molar-refractivity contribution in [3.05, 3.63) is 0 Å². The standard InChI is InChI=1S/C9H19F2NO/c1-3-5-6-13-8-9(10,11)7-12-4-2/h12H,3-8H2,1-2H3. The topological polar surface area (TPSA) is 21.3 Å². The molecule has 0 fully saturated rings. The number of ether oxygens (including phenoxy) is 1. The van der Waals surface area contributed by atoms with E-state index in [4.69, 9.17) is 4.74 Å². The summed E-state index contributed by atoms with van der Waals surface area (Å²) in [6, 6.07) is 0. The maximum absolute atomic E-state index is 12.9. The Morgan fingerprint density at radius 2 is 2.00 bits per heavy atom. The van der Waals surface area contributed by atoms with Gasteiger partial charge in [-0.05, 0) is 13.0 Å². The smallest absolute Gasteiger partial charge is 0.283 e. The lowest BCUT2D eigenvalue weighted by molar-refractivity contribution is -0.0747. The molecule has 0 aromatic heterocycles. The highest BCUT2D eigenvalue weighted by Crippen LogP contribution is 2.12. The van der Waals surface area contributed by atoms with Crippen LogP contribution in [0.2, 0.25) is 0 Å². The highest BCUT2D eigenvalue weighted by molar-refractivity contribution is 4.67. The first kappa shape index (κ1) is 12.8. The van der Waals surface area contributed by atoms with Gasteiger partial charge in [0.1, 0.15) is 6.61 Å². The molecule has 0 saturated heterocycles. The van der Waals surface area contributed by atoms with E-state index in [9.17, 15) is 8.78 Å². The summed E-state index contributed by atoms with van der Waals surface area (Å²) in [7, 11) is 0. The lowest BCUT2D eigenvalue weighted by atomic mass is 10.3. The van der Waals surface area contributed by atoms with Gasteiger partial charge in [-0.3, -0.25) is 0 Å². The van der Waals surface area contributed by atoms with Gasteiger partial charge in [0.15, 0.2) is 0 Å². The first-order valence-electron chi connectivity index (χ1n) is 4.78. The fourth-order valence-electron chi connectivity index (χ4n) is 0.827. The van der Waals surface area contributed by atoms with Crippen LogP contribution in [0.25, 0.3) is 0 Å². The van der Waals surface area contributed by atoms with Crippen LogP contribution in [-0.4, -0.2) is 32.2 Å². The third-order valence-electron chi connectivity index (χ3n) is 1.59. The Labute approximate surface area is 78.7 Å². The third kappa shape index (κ3) is 8.12. The monoisotopic (exact) mass is 195 g/mol. The van der Waals surface area contributed by atoms with Gasteiger partial charge in [0, 0.05) is 6.61 Å². The van der Waals surface area contributed by atoms with Crippen LogP contribution in [0.4, 0.5) is 8.78 Å². The number of alkyl halides is 2. The number of nitrogens with one attached hydrogen (secondary N) is 1. The van der Waals surface area contributed by atoms with Gasteiger partial charge in [-0.1, -0.05) is 20.3 Å². The Kier molecular flexibility index (Phi) is 7.09. The van der Waals surface area contributed by atoms with E-state index in [-0.39, 0.29) is 6.54 Å². The molecule has 0 atom stereocenters. The van der Waals surface area contributed by atoms with Crippen LogP contribution in [0, 0.1) is 0 Å². The molecule has 0 aromatic carbocycles. The highest BCUT2D eigenvalue weighted by atomic mass is 19.3. The van der Waals surface area contributed by atoms with E-state index in [1.165, 1.54) is 0 Å². The van der Waals surface area contributed by atoms with Gasteiger partial charge in [0.25, 0.3) is 5.92 Å². The average Bonchev–Trinajstić information content (AvgIpc) is 2.09. The highest BCUT2D eigenvalue weighted by Gasteiger charge is 2.28. The second-order valence-corrected chi connectivity index (χ2v) is 3.04. The summed E-state index contributed by atoms with van der Waals surface area (Å²) in [5, 5.41) is 2.60. The zero-order valence-corrected chi connectivity index (χ0v) is 8.41. The van der Waals surface area contributed by atoms with Gasteiger partial charge in [-0.15, -0.1) is 0 Å². The van der Waals surface area contributed by atoms with E-state index >= 15 is 0 Å². The number of hydrogen-bond donors (Lipinski definition) is 1. The minimum Gasteiger partial charge on any atom is -0.375 e. The molecule has 13 heavy (non-hydrogen) atoms. The largest absolute Gasteiger partial charge is 0.375 e. The Morgan fingerprint density at radius 3 is 2.54 bits per heavy atom. The van der Waals surface area contributed by atoms with Crippen molar-refractivity contribution < 1.29 is 13.5 Å². The van der Waals surface area contributed by atoms with Crippen molar-refractivity contribution in [2.45, 2.75) is 32.6 Å². The number of unbranched alkanes of at least 4 members (excludes halogenated alkanes) is 1. The fraction of sp³-hybridized carbons (Fsp3) is 1.00. The van der Waals surface area contributed by atoms with Crippen molar-refractivity contribution in [1.29, 1.82) is 0 Å². The summed E-state index contributed by atoms with van der Waals surface area (Å²) < 4.78 is 30.5. The molecule has 1 N–H and O–H groups in total. The van der Waals surface area contributed by atoms with Crippen LogP contribution in [0.3, 0.4) is 0 Å². The quantitative estimate of drug-likeness (QED) is 0.598. The van der Waals surface area contributed by atoms with Crippen LogP contribution in [0.15, 0.2) is 0 Å². The summed E-state index contributed by atoms with van der Waals surface area (Å²) in [6.07, 6.45) is 1.82. The Morgan fingerprint density at radius 1 is 1.31 bits per heavy atom. The predicted molar refractivity (Wildman–Crippen MR) is 49.2 cm³/mol. The first-order valence-corrected chi connectivity index (χ1v) is 4.78. The van der Waals surface area contributed by atoms with Crippen molar-refractivity contribution >= 4 is 0 Å². The molecule has 0 aliphatic heterocycles. The minimum absolute atomic E-state index is 0.296. The maximum Gasteiger partial charge on any atom is 0.283 e. The summed E-state index contributed by atoms with van der Waals surface area (Å²) in [6.45, 7) is 4.02. The predicted octanol–water partition coefficient (Wildman–Crippen LogP) is 2.05. The molecule has 0 aliphatic rings. The van der Waals surface area contributed by atoms with Crippen LogP contribution < -0.4 is 5.32 Å². The van der Waals surface area contributed by atoms with Crippen LogP contribution in [0.1, 0.15) is 26.7 Å². The molecule has 0 bridgehead atoms. The third-order valence-corrected chi connectivity index (χ3v) is 1.59. The normalized spacial score (nSPS) is 12.0. The average molecular weight is 195 g/mol. The molecule has 0 saturated carbocycles. The van der Waals surface area contributed by atoms with Gasteiger partial charge in [0.05, 0.1) is 6.54 Å². The summed E-state index contributed by atoms with van der Waals surface area (Å²) in [5.41, 5.74) is 0. The van der Waals surface area contributed by atoms with E-state index in [2.05, 4.69) is 5.32 Å². The van der Waals surface area contributed by atoms with Crippen molar-refractivity contribution in [2.24, 2.45) is 0 Å². The van der Waals surface area contributed by atoms with Crippen molar-refractivity contribution in [2.75, 3.05) is 26.3 Å². The van der Waals surface area contributed by atoms with Crippen molar-refractivity contribution in [3.8, 4) is 0 Å².